The molecule has 21 heavy (non-hydrogen) atoms. The van der Waals surface area contributed by atoms with E-state index in [1.54, 1.807) is 6.20 Å². The van der Waals surface area contributed by atoms with E-state index in [1.165, 1.54) is 0 Å². The highest BCUT2D eigenvalue weighted by Crippen LogP contribution is 2.28. The third kappa shape index (κ3) is 2.63. The maximum atomic E-state index is 6.23. The smallest absolute Gasteiger partial charge is 0.0888 e. The molecule has 0 aliphatic carbocycles. The highest BCUT2D eigenvalue weighted by atomic mass is 35.5. The highest BCUT2D eigenvalue weighted by Gasteiger charge is 2.17. The second-order valence-electron chi connectivity index (χ2n) is 5.03. The van der Waals surface area contributed by atoms with E-state index in [0.717, 1.165) is 32.6 Å². The number of hydrogen-bond acceptors (Lipinski definition) is 3. The fraction of sp³-hybridized carbons (Fsp3) is 0.118. The van der Waals surface area contributed by atoms with Gasteiger partial charge in [0.25, 0.3) is 0 Å². The molecule has 0 fully saturated rings. The second kappa shape index (κ2) is 5.82. The molecule has 0 saturated heterocycles. The molecule has 0 amide bonds. The van der Waals surface area contributed by atoms with E-state index < -0.39 is 0 Å². The zero-order valence-electron chi connectivity index (χ0n) is 11.7. The molecule has 0 radical (unpaired) electrons. The van der Waals surface area contributed by atoms with Gasteiger partial charge in [-0.25, -0.2) is 5.43 Å². The Morgan fingerprint density at radius 2 is 1.95 bits per heavy atom. The largest absolute Gasteiger partial charge is 0.271 e. The van der Waals surface area contributed by atoms with Crippen LogP contribution in [0.15, 0.2) is 54.7 Å². The van der Waals surface area contributed by atoms with Gasteiger partial charge in [0, 0.05) is 16.6 Å². The Hall–Kier alpha value is -1.94. The topological polar surface area (TPSA) is 50.9 Å². The summed E-state index contributed by atoms with van der Waals surface area (Å²) < 4.78 is 0. The first kappa shape index (κ1) is 14.0. The van der Waals surface area contributed by atoms with Crippen LogP contribution in [0.2, 0.25) is 5.02 Å². The van der Waals surface area contributed by atoms with E-state index in [1.807, 2.05) is 43.3 Å². The van der Waals surface area contributed by atoms with Gasteiger partial charge in [-0.2, -0.15) is 0 Å². The zero-order chi connectivity index (χ0) is 14.8. The Balaban J connectivity index is 2.16. The van der Waals surface area contributed by atoms with Crippen molar-refractivity contribution in [3.05, 3.63) is 76.6 Å². The summed E-state index contributed by atoms with van der Waals surface area (Å²) in [6.07, 6.45) is 1.80. The van der Waals surface area contributed by atoms with Crippen LogP contribution in [0, 0.1) is 6.92 Å². The van der Waals surface area contributed by atoms with Crippen molar-refractivity contribution in [2.75, 3.05) is 0 Å². The molecule has 3 aromatic rings. The molecule has 3 nitrogen and oxygen atoms in total. The SMILES string of the molecule is Cc1ccc(C(NN)c2nccc3ccccc23)cc1Cl. The van der Waals surface area contributed by atoms with Gasteiger partial charge in [-0.3, -0.25) is 10.8 Å². The number of fused-ring (bicyclic) bond motifs is 1. The fourth-order valence-corrected chi connectivity index (χ4v) is 2.68. The van der Waals surface area contributed by atoms with Crippen molar-refractivity contribution in [3.63, 3.8) is 0 Å². The van der Waals surface area contributed by atoms with Crippen molar-refractivity contribution in [1.29, 1.82) is 0 Å². The number of halogens is 1. The van der Waals surface area contributed by atoms with E-state index in [4.69, 9.17) is 17.4 Å². The standard InChI is InChI=1S/C17H16ClN3/c1-11-6-7-13(10-15(11)18)16(21-19)17-14-5-3-2-4-12(14)8-9-20-17/h2-10,16,21H,19H2,1H3. The van der Waals surface area contributed by atoms with Crippen LogP contribution in [0.25, 0.3) is 10.8 Å². The minimum absolute atomic E-state index is 0.200. The third-order valence-electron chi connectivity index (χ3n) is 3.67. The number of benzene rings is 2. The first-order chi connectivity index (χ1) is 10.2. The number of nitrogens with zero attached hydrogens (tertiary/aromatic N) is 1. The van der Waals surface area contributed by atoms with E-state index in [2.05, 4.69) is 22.5 Å². The predicted molar refractivity (Wildman–Crippen MR) is 87.1 cm³/mol. The van der Waals surface area contributed by atoms with Crippen molar-refractivity contribution in [2.24, 2.45) is 5.84 Å². The predicted octanol–water partition coefficient (Wildman–Crippen LogP) is 3.75. The first-order valence-electron chi connectivity index (χ1n) is 6.76. The maximum absolute atomic E-state index is 6.23. The lowest BCUT2D eigenvalue weighted by Crippen LogP contribution is -2.29. The Morgan fingerprint density at radius 1 is 1.14 bits per heavy atom. The maximum Gasteiger partial charge on any atom is 0.0888 e. The summed E-state index contributed by atoms with van der Waals surface area (Å²) in [7, 11) is 0. The van der Waals surface area contributed by atoms with Gasteiger partial charge in [0.15, 0.2) is 0 Å². The van der Waals surface area contributed by atoms with Gasteiger partial charge >= 0.3 is 0 Å². The van der Waals surface area contributed by atoms with Crippen LogP contribution in [0.3, 0.4) is 0 Å². The molecule has 1 unspecified atom stereocenters. The summed E-state index contributed by atoms with van der Waals surface area (Å²) in [6.45, 7) is 1.98. The lowest BCUT2D eigenvalue weighted by Gasteiger charge is -2.18. The average molecular weight is 298 g/mol. The van der Waals surface area contributed by atoms with E-state index in [0.29, 0.717) is 0 Å². The van der Waals surface area contributed by atoms with Crippen molar-refractivity contribution in [2.45, 2.75) is 13.0 Å². The molecule has 0 aliphatic rings. The van der Waals surface area contributed by atoms with Gasteiger partial charge in [-0.15, -0.1) is 0 Å². The molecule has 0 spiro atoms. The van der Waals surface area contributed by atoms with E-state index in [9.17, 15) is 0 Å². The summed E-state index contributed by atoms with van der Waals surface area (Å²) in [5, 5.41) is 2.95. The van der Waals surface area contributed by atoms with Gasteiger partial charge in [0.2, 0.25) is 0 Å². The van der Waals surface area contributed by atoms with Crippen LogP contribution in [0.4, 0.5) is 0 Å². The molecular weight excluding hydrogens is 282 g/mol. The van der Waals surface area contributed by atoms with Crippen LogP contribution in [-0.2, 0) is 0 Å². The third-order valence-corrected chi connectivity index (χ3v) is 4.08. The van der Waals surface area contributed by atoms with Crippen molar-refractivity contribution < 1.29 is 0 Å². The summed E-state index contributed by atoms with van der Waals surface area (Å²) in [5.74, 6) is 5.78. The molecule has 0 bridgehead atoms. The summed E-state index contributed by atoms with van der Waals surface area (Å²) in [5.41, 5.74) is 5.79. The molecule has 1 aromatic heterocycles. The van der Waals surface area contributed by atoms with Gasteiger partial charge in [-0.05, 0) is 35.6 Å². The number of aryl methyl sites for hydroxylation is 1. The first-order valence-corrected chi connectivity index (χ1v) is 7.14. The van der Waals surface area contributed by atoms with Crippen LogP contribution in [-0.4, -0.2) is 4.98 Å². The number of nitrogens with two attached hydrogens (primary N) is 1. The Bertz CT molecular complexity index is 781. The van der Waals surface area contributed by atoms with Gasteiger partial charge < -0.3 is 0 Å². The molecule has 2 aromatic carbocycles. The Morgan fingerprint density at radius 3 is 2.71 bits per heavy atom. The molecule has 1 heterocycles. The number of pyridine rings is 1. The summed E-state index contributed by atoms with van der Waals surface area (Å²) in [6, 6.07) is 15.9. The van der Waals surface area contributed by atoms with Crippen LogP contribution >= 0.6 is 11.6 Å². The minimum atomic E-state index is -0.200. The van der Waals surface area contributed by atoms with Crippen molar-refractivity contribution in [3.8, 4) is 0 Å². The molecule has 0 saturated carbocycles. The van der Waals surface area contributed by atoms with E-state index >= 15 is 0 Å². The summed E-state index contributed by atoms with van der Waals surface area (Å²) in [4.78, 5) is 4.52. The molecule has 4 heteroatoms. The van der Waals surface area contributed by atoms with Crippen LogP contribution in [0.5, 0.6) is 0 Å². The molecule has 3 N–H and O–H groups in total. The number of hydrogen-bond donors (Lipinski definition) is 2. The lowest BCUT2D eigenvalue weighted by atomic mass is 9.98. The van der Waals surface area contributed by atoms with Gasteiger partial charge in [0.1, 0.15) is 0 Å². The average Bonchev–Trinajstić information content (AvgIpc) is 2.52. The van der Waals surface area contributed by atoms with Crippen LogP contribution in [0.1, 0.15) is 22.9 Å². The number of hydrazine groups is 1. The zero-order valence-corrected chi connectivity index (χ0v) is 12.4. The van der Waals surface area contributed by atoms with Crippen molar-refractivity contribution >= 4 is 22.4 Å². The van der Waals surface area contributed by atoms with E-state index in [-0.39, 0.29) is 6.04 Å². The lowest BCUT2D eigenvalue weighted by molar-refractivity contribution is 0.625. The van der Waals surface area contributed by atoms with Gasteiger partial charge in [-0.1, -0.05) is 48.0 Å². The minimum Gasteiger partial charge on any atom is -0.271 e. The number of rotatable bonds is 3. The van der Waals surface area contributed by atoms with Crippen LogP contribution < -0.4 is 11.3 Å². The fourth-order valence-electron chi connectivity index (χ4n) is 2.49. The molecule has 106 valence electrons. The summed E-state index contributed by atoms with van der Waals surface area (Å²) >= 11 is 6.23. The molecule has 1 atom stereocenters. The second-order valence-corrected chi connectivity index (χ2v) is 5.43. The normalized spacial score (nSPS) is 12.5. The highest BCUT2D eigenvalue weighted by molar-refractivity contribution is 6.31. The van der Waals surface area contributed by atoms with Crippen molar-refractivity contribution in [1.82, 2.24) is 10.4 Å². The number of aromatic nitrogens is 1. The Kier molecular flexibility index (Phi) is 3.88. The number of nitrogens with one attached hydrogen (secondary N) is 1. The molecule has 0 aliphatic heterocycles. The molecule has 3 rings (SSSR count). The molecular formula is C17H16ClN3. The quantitative estimate of drug-likeness (QED) is 0.572. The van der Waals surface area contributed by atoms with Gasteiger partial charge in [0.05, 0.1) is 11.7 Å². The Labute approximate surface area is 128 Å². The monoisotopic (exact) mass is 297 g/mol.